The van der Waals surface area contributed by atoms with Crippen molar-refractivity contribution < 1.29 is 19.1 Å². The lowest BCUT2D eigenvalue weighted by atomic mass is 10.1. The smallest absolute Gasteiger partial charge is 0.343 e. The zero-order chi connectivity index (χ0) is 14.2. The summed E-state index contributed by atoms with van der Waals surface area (Å²) in [6, 6.07) is 1.66. The summed E-state index contributed by atoms with van der Waals surface area (Å²) >= 11 is 12.2. The molecule has 0 heterocycles. The molecule has 0 saturated heterocycles. The van der Waals surface area contributed by atoms with Crippen LogP contribution < -0.4 is 4.74 Å². The first-order valence-corrected chi connectivity index (χ1v) is 6.46. The van der Waals surface area contributed by atoms with Crippen molar-refractivity contribution >= 4 is 35.0 Å². The molecular weight excluding hydrogens is 291 g/mol. The molecule has 0 spiro atoms. The van der Waals surface area contributed by atoms with Gasteiger partial charge in [0.25, 0.3) is 0 Å². The van der Waals surface area contributed by atoms with Gasteiger partial charge in [-0.1, -0.05) is 30.1 Å². The summed E-state index contributed by atoms with van der Waals surface area (Å²) < 4.78 is 9.74. The van der Waals surface area contributed by atoms with Crippen molar-refractivity contribution in [2.45, 2.75) is 13.3 Å². The van der Waals surface area contributed by atoms with Crippen molar-refractivity contribution in [2.24, 2.45) is 5.92 Å². The Bertz CT molecular complexity index is 554. The third-order valence-electron chi connectivity index (χ3n) is 3.05. The molecular formula is C13H12Cl2O4. The van der Waals surface area contributed by atoms with E-state index in [0.29, 0.717) is 12.0 Å². The standard InChI is InChI=1S/C13H12Cl2O4/c1-6-3-7-4-8(19-5-9(16)18-2)11(14)12(15)10(7)13(6)17/h4,6H,3,5H2,1-2H3. The Morgan fingerprint density at radius 1 is 1.42 bits per heavy atom. The molecule has 0 bridgehead atoms. The molecule has 19 heavy (non-hydrogen) atoms. The highest BCUT2D eigenvalue weighted by Gasteiger charge is 2.32. The van der Waals surface area contributed by atoms with Crippen LogP contribution in [0.4, 0.5) is 0 Å². The first-order chi connectivity index (χ1) is 8.95. The van der Waals surface area contributed by atoms with Crippen LogP contribution >= 0.6 is 23.2 Å². The normalized spacial score (nSPS) is 17.3. The van der Waals surface area contributed by atoms with Crippen LogP contribution in [0.5, 0.6) is 5.75 Å². The van der Waals surface area contributed by atoms with Gasteiger partial charge in [0.15, 0.2) is 12.4 Å². The number of carbonyl (C=O) groups excluding carboxylic acids is 2. The molecule has 102 valence electrons. The largest absolute Gasteiger partial charge is 0.480 e. The van der Waals surface area contributed by atoms with Crippen LogP contribution in [0, 0.1) is 5.92 Å². The Labute approximate surface area is 120 Å². The number of carbonyl (C=O) groups is 2. The zero-order valence-corrected chi connectivity index (χ0v) is 12.0. The lowest BCUT2D eigenvalue weighted by molar-refractivity contribution is -0.142. The van der Waals surface area contributed by atoms with Crippen LogP contribution in [0.2, 0.25) is 10.0 Å². The molecule has 4 nitrogen and oxygen atoms in total. The molecule has 0 radical (unpaired) electrons. The summed E-state index contributed by atoms with van der Waals surface area (Å²) in [5.41, 5.74) is 1.26. The minimum Gasteiger partial charge on any atom is -0.480 e. The Balaban J connectivity index is 2.34. The summed E-state index contributed by atoms with van der Waals surface area (Å²) in [5.74, 6) is -0.351. The van der Waals surface area contributed by atoms with Crippen molar-refractivity contribution in [2.75, 3.05) is 13.7 Å². The molecule has 0 N–H and O–H groups in total. The molecule has 0 aromatic heterocycles. The fourth-order valence-corrected chi connectivity index (χ4v) is 2.56. The van der Waals surface area contributed by atoms with E-state index in [1.807, 2.05) is 6.92 Å². The van der Waals surface area contributed by atoms with Crippen LogP contribution in [0.15, 0.2) is 6.07 Å². The number of halogens is 2. The number of rotatable bonds is 3. The molecule has 1 atom stereocenters. The van der Waals surface area contributed by atoms with Gasteiger partial charge in [0.1, 0.15) is 10.8 Å². The maximum absolute atomic E-state index is 11.9. The summed E-state index contributed by atoms with van der Waals surface area (Å²) in [6.07, 6.45) is 0.597. The molecule has 1 aromatic rings. The molecule has 0 fully saturated rings. The summed E-state index contributed by atoms with van der Waals surface area (Å²) in [4.78, 5) is 23.0. The second-order valence-electron chi connectivity index (χ2n) is 4.37. The topological polar surface area (TPSA) is 52.6 Å². The maximum Gasteiger partial charge on any atom is 0.343 e. The number of hydrogen-bond acceptors (Lipinski definition) is 4. The minimum absolute atomic E-state index is 0.0126. The first kappa shape index (κ1) is 14.2. The second-order valence-corrected chi connectivity index (χ2v) is 5.13. The Morgan fingerprint density at radius 2 is 2.11 bits per heavy atom. The van der Waals surface area contributed by atoms with Gasteiger partial charge < -0.3 is 9.47 Å². The lowest BCUT2D eigenvalue weighted by Gasteiger charge is -2.11. The highest BCUT2D eigenvalue weighted by molar-refractivity contribution is 6.45. The highest BCUT2D eigenvalue weighted by Crippen LogP contribution is 2.42. The fourth-order valence-electron chi connectivity index (χ4n) is 2.05. The number of ether oxygens (including phenoxy) is 2. The van der Waals surface area contributed by atoms with Crippen LogP contribution in [0.25, 0.3) is 0 Å². The van der Waals surface area contributed by atoms with Crippen molar-refractivity contribution in [3.05, 3.63) is 27.2 Å². The van der Waals surface area contributed by atoms with Gasteiger partial charge in [-0.25, -0.2) is 4.79 Å². The molecule has 0 saturated carbocycles. The van der Waals surface area contributed by atoms with Gasteiger partial charge in [0.2, 0.25) is 0 Å². The van der Waals surface area contributed by atoms with E-state index in [4.69, 9.17) is 27.9 Å². The Kier molecular flexibility index (Phi) is 4.02. The van der Waals surface area contributed by atoms with Crippen LogP contribution in [-0.4, -0.2) is 25.5 Å². The van der Waals surface area contributed by atoms with Gasteiger partial charge in [0, 0.05) is 11.5 Å². The van der Waals surface area contributed by atoms with E-state index in [9.17, 15) is 9.59 Å². The van der Waals surface area contributed by atoms with Gasteiger partial charge in [-0.3, -0.25) is 4.79 Å². The minimum atomic E-state index is -0.517. The van der Waals surface area contributed by atoms with Gasteiger partial charge in [-0.05, 0) is 18.1 Å². The quantitative estimate of drug-likeness (QED) is 0.806. The maximum atomic E-state index is 11.9. The number of esters is 1. The van der Waals surface area contributed by atoms with E-state index in [2.05, 4.69) is 4.74 Å². The van der Waals surface area contributed by atoms with E-state index >= 15 is 0 Å². The summed E-state index contributed by atoms with van der Waals surface area (Å²) in [5, 5.41) is 0.333. The summed E-state index contributed by atoms with van der Waals surface area (Å²) in [7, 11) is 1.27. The van der Waals surface area contributed by atoms with E-state index in [-0.39, 0.29) is 34.1 Å². The van der Waals surface area contributed by atoms with Crippen LogP contribution in [-0.2, 0) is 16.0 Å². The Hall–Kier alpha value is -1.26. The number of hydrogen-bond donors (Lipinski definition) is 0. The molecule has 0 amide bonds. The van der Waals surface area contributed by atoms with E-state index in [0.717, 1.165) is 5.56 Å². The molecule has 1 unspecified atom stereocenters. The Morgan fingerprint density at radius 3 is 2.74 bits per heavy atom. The number of fused-ring (bicyclic) bond motifs is 1. The van der Waals surface area contributed by atoms with E-state index in [1.54, 1.807) is 6.07 Å². The molecule has 2 rings (SSSR count). The van der Waals surface area contributed by atoms with Gasteiger partial charge in [-0.2, -0.15) is 0 Å². The lowest BCUT2D eigenvalue weighted by Crippen LogP contribution is -2.13. The number of methoxy groups -OCH3 is 1. The average Bonchev–Trinajstić information content (AvgIpc) is 2.67. The SMILES string of the molecule is COC(=O)COc1cc2c(c(Cl)c1Cl)C(=O)C(C)C2. The molecule has 0 aliphatic heterocycles. The zero-order valence-electron chi connectivity index (χ0n) is 10.5. The van der Waals surface area contributed by atoms with Crippen LogP contribution in [0.1, 0.15) is 22.8 Å². The predicted molar refractivity (Wildman–Crippen MR) is 71.2 cm³/mol. The molecule has 1 aromatic carbocycles. The number of ketones is 1. The van der Waals surface area contributed by atoms with Gasteiger partial charge >= 0.3 is 5.97 Å². The second kappa shape index (κ2) is 5.39. The molecule has 1 aliphatic rings. The monoisotopic (exact) mass is 302 g/mol. The van der Waals surface area contributed by atoms with Crippen LogP contribution in [0.3, 0.4) is 0 Å². The van der Waals surface area contributed by atoms with E-state index in [1.165, 1.54) is 7.11 Å². The first-order valence-electron chi connectivity index (χ1n) is 5.70. The average molecular weight is 303 g/mol. The number of benzene rings is 1. The predicted octanol–water partition coefficient (Wildman–Crippen LogP) is 2.92. The van der Waals surface area contributed by atoms with Crippen molar-refractivity contribution in [3.8, 4) is 5.75 Å². The molecule has 6 heteroatoms. The van der Waals surface area contributed by atoms with Gasteiger partial charge in [0.05, 0.1) is 12.1 Å². The number of Topliss-reactive ketones (excluding diaryl/α,β-unsaturated/α-hetero) is 1. The van der Waals surface area contributed by atoms with Crippen molar-refractivity contribution in [1.29, 1.82) is 0 Å². The van der Waals surface area contributed by atoms with Crippen molar-refractivity contribution in [1.82, 2.24) is 0 Å². The molecule has 1 aliphatic carbocycles. The summed E-state index contributed by atoms with van der Waals surface area (Å²) in [6.45, 7) is 1.58. The highest BCUT2D eigenvalue weighted by atomic mass is 35.5. The third-order valence-corrected chi connectivity index (χ3v) is 3.90. The van der Waals surface area contributed by atoms with E-state index < -0.39 is 5.97 Å². The fraction of sp³-hybridized carbons (Fsp3) is 0.385. The van der Waals surface area contributed by atoms with Gasteiger partial charge in [-0.15, -0.1) is 0 Å². The third kappa shape index (κ3) is 2.55. The van der Waals surface area contributed by atoms with Crippen molar-refractivity contribution in [3.63, 3.8) is 0 Å².